The van der Waals surface area contributed by atoms with Crippen molar-refractivity contribution in [3.05, 3.63) is 39.6 Å². The van der Waals surface area contributed by atoms with E-state index >= 15 is 0 Å². The largest absolute Gasteiger partial charge is 0.398 e. The Morgan fingerprint density at radius 1 is 1.37 bits per heavy atom. The van der Waals surface area contributed by atoms with Gasteiger partial charge in [0.05, 0.1) is 11.6 Å². The molecule has 0 aliphatic carbocycles. The molecule has 19 heavy (non-hydrogen) atoms. The molecule has 0 radical (unpaired) electrons. The highest BCUT2D eigenvalue weighted by atomic mass is 32.1. The highest BCUT2D eigenvalue weighted by Crippen LogP contribution is 2.20. The Labute approximate surface area is 115 Å². The molecule has 2 aromatic rings. The average molecular weight is 276 g/mol. The van der Waals surface area contributed by atoms with Crippen LogP contribution in [-0.4, -0.2) is 15.9 Å². The first-order chi connectivity index (χ1) is 8.97. The van der Waals surface area contributed by atoms with Gasteiger partial charge in [0, 0.05) is 28.7 Å². The minimum atomic E-state index is -0.231. The summed E-state index contributed by atoms with van der Waals surface area (Å²) in [5.41, 5.74) is 7.45. The van der Waals surface area contributed by atoms with E-state index in [1.807, 2.05) is 20.8 Å². The number of carbonyl (C=O) groups excluding carboxylic acids is 1. The molecule has 0 aromatic carbocycles. The van der Waals surface area contributed by atoms with Gasteiger partial charge in [0.2, 0.25) is 0 Å². The Hall–Kier alpha value is -1.95. The zero-order valence-corrected chi connectivity index (χ0v) is 11.9. The van der Waals surface area contributed by atoms with Crippen molar-refractivity contribution in [3.8, 4) is 0 Å². The first-order valence-corrected chi connectivity index (χ1v) is 6.74. The molecule has 1 unspecified atom stereocenters. The van der Waals surface area contributed by atoms with Crippen molar-refractivity contribution < 1.29 is 4.79 Å². The number of amides is 1. The second kappa shape index (κ2) is 5.36. The maximum absolute atomic E-state index is 12.1. The molecule has 3 N–H and O–H groups in total. The van der Waals surface area contributed by atoms with Crippen molar-refractivity contribution in [2.24, 2.45) is 0 Å². The summed E-state index contributed by atoms with van der Waals surface area (Å²) >= 11 is 1.57. The Morgan fingerprint density at radius 3 is 2.68 bits per heavy atom. The smallest absolute Gasteiger partial charge is 0.255 e. The summed E-state index contributed by atoms with van der Waals surface area (Å²) < 4.78 is 0. The molecular weight excluding hydrogens is 260 g/mol. The number of hydrogen-bond donors (Lipinski definition) is 2. The molecule has 0 saturated carbocycles. The zero-order valence-electron chi connectivity index (χ0n) is 11.1. The highest BCUT2D eigenvalue weighted by molar-refractivity contribution is 7.11. The van der Waals surface area contributed by atoms with Crippen LogP contribution in [0.4, 0.5) is 5.69 Å². The SMILES string of the molecule is Cc1cc(N)c(C(=O)NC(C)c2ncc(C)s2)cn1. The van der Waals surface area contributed by atoms with Gasteiger partial charge >= 0.3 is 0 Å². The van der Waals surface area contributed by atoms with E-state index in [4.69, 9.17) is 5.73 Å². The molecule has 0 bridgehead atoms. The van der Waals surface area contributed by atoms with Crippen molar-refractivity contribution in [1.82, 2.24) is 15.3 Å². The van der Waals surface area contributed by atoms with Crippen molar-refractivity contribution in [3.63, 3.8) is 0 Å². The molecule has 2 aromatic heterocycles. The lowest BCUT2D eigenvalue weighted by Crippen LogP contribution is -2.27. The molecule has 1 atom stereocenters. The minimum Gasteiger partial charge on any atom is -0.398 e. The van der Waals surface area contributed by atoms with Crippen LogP contribution in [0.1, 0.15) is 38.9 Å². The molecule has 0 fully saturated rings. The third-order valence-electron chi connectivity index (χ3n) is 2.67. The number of nitrogens with two attached hydrogens (primary N) is 1. The molecule has 100 valence electrons. The summed E-state index contributed by atoms with van der Waals surface area (Å²) in [5.74, 6) is -0.231. The quantitative estimate of drug-likeness (QED) is 0.900. The predicted octanol–water partition coefficient (Wildman–Crippen LogP) is 2.23. The van der Waals surface area contributed by atoms with Crippen LogP contribution in [0.5, 0.6) is 0 Å². The third-order valence-corrected chi connectivity index (χ3v) is 3.77. The van der Waals surface area contributed by atoms with Gasteiger partial charge in [-0.05, 0) is 26.8 Å². The molecule has 0 aliphatic heterocycles. The number of carbonyl (C=O) groups is 1. The summed E-state index contributed by atoms with van der Waals surface area (Å²) in [6.45, 7) is 5.71. The van der Waals surface area contributed by atoms with Crippen LogP contribution in [0.25, 0.3) is 0 Å². The van der Waals surface area contributed by atoms with E-state index in [0.717, 1.165) is 15.6 Å². The molecule has 2 heterocycles. The highest BCUT2D eigenvalue weighted by Gasteiger charge is 2.16. The van der Waals surface area contributed by atoms with Gasteiger partial charge in [0.15, 0.2) is 0 Å². The lowest BCUT2D eigenvalue weighted by atomic mass is 10.2. The Morgan fingerprint density at radius 2 is 2.11 bits per heavy atom. The summed E-state index contributed by atoms with van der Waals surface area (Å²) in [5, 5.41) is 3.75. The number of aromatic nitrogens is 2. The van der Waals surface area contributed by atoms with Crippen molar-refractivity contribution in [2.45, 2.75) is 26.8 Å². The molecule has 2 rings (SSSR count). The van der Waals surface area contributed by atoms with E-state index in [1.54, 1.807) is 23.6 Å². The first kappa shape index (κ1) is 13.5. The Bertz CT molecular complexity index is 608. The summed E-state index contributed by atoms with van der Waals surface area (Å²) in [7, 11) is 0. The fraction of sp³-hybridized carbons (Fsp3) is 0.308. The van der Waals surface area contributed by atoms with E-state index in [2.05, 4.69) is 15.3 Å². The summed E-state index contributed by atoms with van der Waals surface area (Å²) in [6, 6.07) is 1.54. The standard InChI is InChI=1S/C13H16N4OS/c1-7-4-11(14)10(6-15-7)12(18)17-9(3)13-16-5-8(2)19-13/h4-6,9H,1-3H3,(H2,14,15)(H,17,18). The van der Waals surface area contributed by atoms with Crippen LogP contribution in [0.15, 0.2) is 18.5 Å². The van der Waals surface area contributed by atoms with E-state index in [0.29, 0.717) is 11.3 Å². The summed E-state index contributed by atoms with van der Waals surface area (Å²) in [6.07, 6.45) is 3.30. The van der Waals surface area contributed by atoms with Gasteiger partial charge in [-0.3, -0.25) is 9.78 Å². The van der Waals surface area contributed by atoms with E-state index < -0.39 is 0 Å². The molecule has 6 heteroatoms. The van der Waals surface area contributed by atoms with Crippen LogP contribution < -0.4 is 11.1 Å². The lowest BCUT2D eigenvalue weighted by Gasteiger charge is -2.12. The van der Waals surface area contributed by atoms with Gasteiger partial charge in [-0.1, -0.05) is 0 Å². The minimum absolute atomic E-state index is 0.146. The van der Waals surface area contributed by atoms with E-state index in [1.165, 1.54) is 6.20 Å². The van der Waals surface area contributed by atoms with Crippen molar-refractivity contribution in [2.75, 3.05) is 5.73 Å². The van der Waals surface area contributed by atoms with Crippen LogP contribution in [0, 0.1) is 13.8 Å². The number of nitrogens with one attached hydrogen (secondary N) is 1. The van der Waals surface area contributed by atoms with E-state index in [-0.39, 0.29) is 11.9 Å². The number of nitrogens with zero attached hydrogens (tertiary/aromatic N) is 2. The molecular formula is C13H16N4OS. The second-order valence-corrected chi connectivity index (χ2v) is 5.68. The number of hydrogen-bond acceptors (Lipinski definition) is 5. The zero-order chi connectivity index (χ0) is 14.0. The molecule has 5 nitrogen and oxygen atoms in total. The third kappa shape index (κ3) is 3.08. The number of anilines is 1. The van der Waals surface area contributed by atoms with Crippen LogP contribution >= 0.6 is 11.3 Å². The maximum atomic E-state index is 12.1. The first-order valence-electron chi connectivity index (χ1n) is 5.92. The maximum Gasteiger partial charge on any atom is 0.255 e. The normalized spacial score (nSPS) is 12.2. The Balaban J connectivity index is 2.12. The van der Waals surface area contributed by atoms with Gasteiger partial charge in [-0.2, -0.15) is 0 Å². The average Bonchev–Trinajstić information content (AvgIpc) is 2.75. The van der Waals surface area contributed by atoms with Crippen LogP contribution in [0.3, 0.4) is 0 Å². The van der Waals surface area contributed by atoms with Crippen molar-refractivity contribution >= 4 is 22.9 Å². The topological polar surface area (TPSA) is 80.9 Å². The van der Waals surface area contributed by atoms with Gasteiger partial charge in [-0.15, -0.1) is 11.3 Å². The van der Waals surface area contributed by atoms with Crippen molar-refractivity contribution in [1.29, 1.82) is 0 Å². The molecule has 1 amide bonds. The summed E-state index contributed by atoms with van der Waals surface area (Å²) in [4.78, 5) is 21.6. The predicted molar refractivity (Wildman–Crippen MR) is 76.1 cm³/mol. The number of thiazole rings is 1. The van der Waals surface area contributed by atoms with E-state index in [9.17, 15) is 4.79 Å². The molecule has 0 spiro atoms. The number of pyridine rings is 1. The van der Waals surface area contributed by atoms with Gasteiger partial charge in [0.1, 0.15) is 5.01 Å². The second-order valence-electron chi connectivity index (χ2n) is 4.42. The van der Waals surface area contributed by atoms with Gasteiger partial charge in [-0.25, -0.2) is 4.98 Å². The Kier molecular flexibility index (Phi) is 3.80. The fourth-order valence-electron chi connectivity index (χ4n) is 1.68. The van der Waals surface area contributed by atoms with Gasteiger partial charge in [0.25, 0.3) is 5.91 Å². The monoisotopic (exact) mass is 276 g/mol. The molecule has 0 aliphatic rings. The number of nitrogen functional groups attached to an aromatic ring is 1. The molecule has 0 saturated heterocycles. The lowest BCUT2D eigenvalue weighted by molar-refractivity contribution is 0.0940. The van der Waals surface area contributed by atoms with Crippen LogP contribution in [0.2, 0.25) is 0 Å². The van der Waals surface area contributed by atoms with Crippen LogP contribution in [-0.2, 0) is 0 Å². The van der Waals surface area contributed by atoms with Gasteiger partial charge < -0.3 is 11.1 Å². The number of rotatable bonds is 3. The fourth-order valence-corrected chi connectivity index (χ4v) is 2.46. The number of aryl methyl sites for hydroxylation is 2.